The van der Waals surface area contributed by atoms with Crippen LogP contribution in [0.3, 0.4) is 0 Å². The zero-order valence-electron chi connectivity index (χ0n) is 35.6. The number of carbonyl (C=O) groups excluding carboxylic acids is 5. The van der Waals surface area contributed by atoms with Crippen molar-refractivity contribution in [1.82, 2.24) is 39.7 Å². The lowest BCUT2D eigenvalue weighted by Crippen LogP contribution is -2.54. The lowest BCUT2D eigenvalue weighted by Gasteiger charge is -2.53. The van der Waals surface area contributed by atoms with E-state index in [2.05, 4.69) is 41.8 Å². The first kappa shape index (κ1) is 40.6. The van der Waals surface area contributed by atoms with E-state index in [1.807, 2.05) is 43.6 Å². The number of amides is 5. The van der Waals surface area contributed by atoms with Gasteiger partial charge in [0.25, 0.3) is 17.7 Å². The van der Waals surface area contributed by atoms with Crippen molar-refractivity contribution in [2.75, 3.05) is 43.9 Å². The Morgan fingerprint density at radius 3 is 2.46 bits per heavy atom. The molecule has 2 saturated heterocycles. The molecule has 0 bridgehead atoms. The van der Waals surface area contributed by atoms with Gasteiger partial charge in [-0.25, -0.2) is 4.98 Å². The number of imide groups is 2. The van der Waals surface area contributed by atoms with Gasteiger partial charge in [-0.05, 0) is 118 Å². The van der Waals surface area contributed by atoms with Gasteiger partial charge in [0, 0.05) is 61.7 Å². The summed E-state index contributed by atoms with van der Waals surface area (Å²) in [4.78, 5) is 72.6. The number of anilines is 2. The predicted octanol–water partition coefficient (Wildman–Crippen LogP) is 5.83. The summed E-state index contributed by atoms with van der Waals surface area (Å²) in [5.74, 6) is -0.584. The van der Waals surface area contributed by atoms with Crippen LogP contribution in [0.2, 0.25) is 0 Å². The van der Waals surface area contributed by atoms with E-state index in [0.717, 1.165) is 86.1 Å². The molecule has 5 aliphatic rings. The summed E-state index contributed by atoms with van der Waals surface area (Å²) in [6.07, 6.45) is 15.1. The van der Waals surface area contributed by atoms with Crippen molar-refractivity contribution in [1.29, 1.82) is 0 Å². The van der Waals surface area contributed by atoms with Gasteiger partial charge in [0.2, 0.25) is 11.8 Å². The van der Waals surface area contributed by atoms with Gasteiger partial charge in [-0.2, -0.15) is 10.2 Å². The van der Waals surface area contributed by atoms with E-state index >= 15 is 0 Å². The Hall–Kier alpha value is -6.42. The molecule has 2 aliphatic carbocycles. The molecule has 1 atom stereocenters. The molecule has 3 aromatic heterocycles. The zero-order chi connectivity index (χ0) is 43.4. The van der Waals surface area contributed by atoms with Crippen LogP contribution in [-0.4, -0.2) is 103 Å². The fourth-order valence-corrected chi connectivity index (χ4v) is 10.8. The van der Waals surface area contributed by atoms with Crippen LogP contribution in [0, 0.1) is 17.3 Å². The molecule has 2 aromatic carbocycles. The van der Waals surface area contributed by atoms with E-state index in [0.29, 0.717) is 62.9 Å². The summed E-state index contributed by atoms with van der Waals surface area (Å²) >= 11 is 0. The van der Waals surface area contributed by atoms with E-state index in [1.54, 1.807) is 36.2 Å². The number of nitrogens with one attached hydrogen (secondary N) is 3. The Morgan fingerprint density at radius 2 is 1.71 bits per heavy atom. The zero-order valence-corrected chi connectivity index (χ0v) is 35.6. The number of nitrogens with zero attached hydrogens (tertiary/aromatic N) is 7. The summed E-state index contributed by atoms with van der Waals surface area (Å²) < 4.78 is 9.50. The molecule has 3 N–H and O–H groups in total. The van der Waals surface area contributed by atoms with Gasteiger partial charge in [-0.15, -0.1) is 0 Å². The summed E-state index contributed by atoms with van der Waals surface area (Å²) in [7, 11) is 3.43. The van der Waals surface area contributed by atoms with Gasteiger partial charge in [-0.1, -0.05) is 12.1 Å². The van der Waals surface area contributed by atoms with Crippen molar-refractivity contribution in [3.63, 3.8) is 0 Å². The first-order chi connectivity index (χ1) is 30.5. The molecule has 16 nitrogen and oxygen atoms in total. The van der Waals surface area contributed by atoms with Crippen molar-refractivity contribution in [2.45, 2.75) is 76.3 Å². The topological polar surface area (TPSA) is 186 Å². The van der Waals surface area contributed by atoms with E-state index < -0.39 is 23.8 Å². The SMILES string of the molecule is COc1cc2nn(C3CCC(CN4CCC5(CC4)CC(CNc4cccc6c4C(=O)N(C4CCC(=O)NC4=O)C6=O)C5)CC3)cc2cc1NC(=O)c1cccc(-c2cnn(C)c2)n1. The molecule has 5 aromatic rings. The number of carbonyl (C=O) groups is 5. The van der Waals surface area contributed by atoms with Crippen molar-refractivity contribution in [2.24, 2.45) is 24.3 Å². The first-order valence-electron chi connectivity index (χ1n) is 22.2. The molecular weight excluding hydrogens is 801 g/mol. The third-order valence-corrected chi connectivity index (χ3v) is 14.2. The molecule has 0 radical (unpaired) electrons. The standard InChI is InChI=1S/C47H52N10O6/c1-54-26-31(24-49-54)34-6-4-8-36(50-34)43(59)51-38-19-30-27-56(53-37(30)20-40(38)63-2)32-11-9-28(10-12-32)25-55-17-15-47(16-18-55)21-29(22-47)23-48-35-7-3-5-33-42(35)46(62)57(45(33)61)39-13-14-41(58)52-44(39)60/h3-8,19-20,24,26-29,32,39,48H,9-18,21-23,25H2,1-2H3,(H,51,59)(H,52,58,60). The van der Waals surface area contributed by atoms with Crippen LogP contribution in [0.5, 0.6) is 5.75 Å². The molecule has 1 spiro atoms. The number of benzene rings is 2. The Balaban J connectivity index is 0.684. The quantitative estimate of drug-likeness (QED) is 0.136. The monoisotopic (exact) mass is 852 g/mol. The minimum absolute atomic E-state index is 0.0943. The lowest BCUT2D eigenvalue weighted by molar-refractivity contribution is -0.136. The van der Waals surface area contributed by atoms with Crippen LogP contribution in [-0.2, 0) is 16.6 Å². The third-order valence-electron chi connectivity index (χ3n) is 14.2. The molecule has 4 fully saturated rings. The maximum Gasteiger partial charge on any atom is 0.274 e. The smallest absolute Gasteiger partial charge is 0.274 e. The van der Waals surface area contributed by atoms with Crippen LogP contribution in [0.25, 0.3) is 22.2 Å². The number of rotatable bonds is 11. The molecule has 1 unspecified atom stereocenters. The minimum Gasteiger partial charge on any atom is -0.494 e. The predicted molar refractivity (Wildman–Crippen MR) is 234 cm³/mol. The van der Waals surface area contributed by atoms with E-state index in [-0.39, 0.29) is 24.7 Å². The van der Waals surface area contributed by atoms with Crippen LogP contribution < -0.4 is 20.7 Å². The molecule has 16 heteroatoms. The number of piperidine rings is 2. The Labute approximate surface area is 364 Å². The summed E-state index contributed by atoms with van der Waals surface area (Å²) in [5, 5.41) is 18.9. The fraction of sp³-hybridized carbons (Fsp3) is 0.447. The Kier molecular flexibility index (Phi) is 10.6. The number of fused-ring (bicyclic) bond motifs is 2. The Bertz CT molecular complexity index is 2630. The number of likely N-dealkylation sites (tertiary alicyclic amines) is 1. The first-order valence-corrected chi connectivity index (χ1v) is 22.2. The molecule has 10 rings (SSSR count). The average molecular weight is 853 g/mol. The van der Waals surface area contributed by atoms with Crippen molar-refractivity contribution >= 4 is 51.8 Å². The molecule has 326 valence electrons. The second-order valence-corrected chi connectivity index (χ2v) is 18.3. The summed E-state index contributed by atoms with van der Waals surface area (Å²) in [6.45, 7) is 4.10. The van der Waals surface area contributed by atoms with Crippen molar-refractivity contribution in [3.05, 3.63) is 83.9 Å². The van der Waals surface area contributed by atoms with Crippen LogP contribution >= 0.6 is 0 Å². The van der Waals surface area contributed by atoms with Crippen LogP contribution in [0.4, 0.5) is 11.4 Å². The largest absolute Gasteiger partial charge is 0.494 e. The molecular formula is C47H52N10O6. The van der Waals surface area contributed by atoms with E-state index in [1.165, 1.54) is 12.8 Å². The number of hydrogen-bond acceptors (Lipinski definition) is 11. The number of pyridine rings is 1. The number of aryl methyl sites for hydroxylation is 1. The van der Waals surface area contributed by atoms with Gasteiger partial charge in [0.1, 0.15) is 17.5 Å². The second-order valence-electron chi connectivity index (χ2n) is 18.3. The number of methoxy groups -OCH3 is 1. The maximum atomic E-state index is 13.5. The molecule has 63 heavy (non-hydrogen) atoms. The van der Waals surface area contributed by atoms with Crippen LogP contribution in [0.15, 0.2) is 67.1 Å². The molecule has 5 amide bonds. The van der Waals surface area contributed by atoms with Gasteiger partial charge in [-0.3, -0.25) is 43.6 Å². The van der Waals surface area contributed by atoms with Gasteiger partial charge in [0.15, 0.2) is 0 Å². The highest BCUT2D eigenvalue weighted by Crippen LogP contribution is 2.53. The maximum absolute atomic E-state index is 13.5. The highest BCUT2D eigenvalue weighted by molar-refractivity contribution is 6.25. The van der Waals surface area contributed by atoms with Crippen molar-refractivity contribution < 1.29 is 28.7 Å². The Morgan fingerprint density at radius 1 is 0.921 bits per heavy atom. The van der Waals surface area contributed by atoms with Crippen LogP contribution in [0.1, 0.15) is 101 Å². The minimum atomic E-state index is -0.976. The van der Waals surface area contributed by atoms with E-state index in [9.17, 15) is 24.0 Å². The van der Waals surface area contributed by atoms with E-state index in [4.69, 9.17) is 9.84 Å². The number of ether oxygens (including phenoxy) is 1. The third kappa shape index (κ3) is 7.85. The molecule has 2 saturated carbocycles. The van der Waals surface area contributed by atoms with Crippen molar-refractivity contribution in [3.8, 4) is 17.0 Å². The fourth-order valence-electron chi connectivity index (χ4n) is 10.8. The highest BCUT2D eigenvalue weighted by atomic mass is 16.5. The second kappa shape index (κ2) is 16.4. The van der Waals surface area contributed by atoms with Gasteiger partial charge >= 0.3 is 0 Å². The summed E-state index contributed by atoms with van der Waals surface area (Å²) in [5.41, 5.74) is 4.82. The average Bonchev–Trinajstić information content (AvgIpc) is 3.98. The molecule has 3 aliphatic heterocycles. The normalized spacial score (nSPS) is 22.6. The summed E-state index contributed by atoms with van der Waals surface area (Å²) in [6, 6.07) is 13.8. The van der Waals surface area contributed by atoms with Gasteiger partial charge < -0.3 is 20.3 Å². The lowest BCUT2D eigenvalue weighted by atomic mass is 9.57. The number of aromatic nitrogens is 5. The number of hydrogen-bond donors (Lipinski definition) is 3. The van der Waals surface area contributed by atoms with Gasteiger partial charge in [0.05, 0.1) is 47.4 Å². The highest BCUT2D eigenvalue weighted by Gasteiger charge is 2.47. The molecule has 6 heterocycles.